The minimum atomic E-state index is 0. The molecule has 2 rings (SSSR count). The monoisotopic (exact) mass is 500 g/mol. The van der Waals surface area contributed by atoms with Crippen molar-refractivity contribution in [3.05, 3.63) is 47.7 Å². The Kier molecular flexibility index (Phi) is 11.1. The lowest BCUT2D eigenvalue weighted by atomic mass is 10.1. The molecule has 0 spiro atoms. The Morgan fingerprint density at radius 2 is 1.75 bits per heavy atom. The van der Waals surface area contributed by atoms with Gasteiger partial charge in [-0.2, -0.15) is 0 Å². The summed E-state index contributed by atoms with van der Waals surface area (Å²) in [4.78, 5) is 8.73. The van der Waals surface area contributed by atoms with Crippen molar-refractivity contribution in [1.29, 1.82) is 0 Å². The molecule has 0 unspecified atom stereocenters. The normalized spacial score (nSPS) is 10.6. The number of guanidine groups is 1. The first kappa shape index (κ1) is 23.8. The van der Waals surface area contributed by atoms with E-state index in [2.05, 4.69) is 20.6 Å². The summed E-state index contributed by atoms with van der Waals surface area (Å²) in [6.45, 7) is 4.13. The quantitative estimate of drug-likeness (QED) is 0.313. The van der Waals surface area contributed by atoms with Crippen molar-refractivity contribution in [3.63, 3.8) is 0 Å². The SMILES string of the molecule is CCNC(=NCc1ccnc(OC)c1)NCCc1ccc(OC)c(OC)c1.I. The summed E-state index contributed by atoms with van der Waals surface area (Å²) >= 11 is 0. The van der Waals surface area contributed by atoms with Crippen molar-refractivity contribution in [1.82, 2.24) is 15.6 Å². The number of halogens is 1. The number of nitrogens with zero attached hydrogens (tertiary/aromatic N) is 2. The zero-order valence-electron chi connectivity index (χ0n) is 16.8. The van der Waals surface area contributed by atoms with E-state index in [1.165, 1.54) is 0 Å². The molecule has 0 aliphatic heterocycles. The van der Waals surface area contributed by atoms with Gasteiger partial charge in [0.25, 0.3) is 0 Å². The number of methoxy groups -OCH3 is 3. The highest BCUT2D eigenvalue weighted by Gasteiger charge is 2.05. The number of ether oxygens (including phenoxy) is 3. The largest absolute Gasteiger partial charge is 0.493 e. The van der Waals surface area contributed by atoms with Crippen LogP contribution in [0.25, 0.3) is 0 Å². The van der Waals surface area contributed by atoms with Gasteiger partial charge in [-0.25, -0.2) is 9.98 Å². The van der Waals surface area contributed by atoms with Gasteiger partial charge >= 0.3 is 0 Å². The predicted molar refractivity (Wildman–Crippen MR) is 122 cm³/mol. The van der Waals surface area contributed by atoms with Gasteiger partial charge < -0.3 is 24.8 Å². The van der Waals surface area contributed by atoms with Crippen molar-refractivity contribution in [3.8, 4) is 17.4 Å². The van der Waals surface area contributed by atoms with Crippen molar-refractivity contribution < 1.29 is 14.2 Å². The summed E-state index contributed by atoms with van der Waals surface area (Å²) in [5.41, 5.74) is 2.20. The Labute approximate surface area is 183 Å². The summed E-state index contributed by atoms with van der Waals surface area (Å²) in [7, 11) is 4.88. The van der Waals surface area contributed by atoms with Crippen LogP contribution in [-0.2, 0) is 13.0 Å². The van der Waals surface area contributed by atoms with Gasteiger partial charge in [0.05, 0.1) is 27.9 Å². The van der Waals surface area contributed by atoms with Gasteiger partial charge in [-0.3, -0.25) is 0 Å². The van der Waals surface area contributed by atoms with Gasteiger partial charge in [-0.05, 0) is 42.7 Å². The van der Waals surface area contributed by atoms with Crippen LogP contribution in [-0.4, -0.2) is 45.4 Å². The molecule has 0 radical (unpaired) electrons. The van der Waals surface area contributed by atoms with E-state index >= 15 is 0 Å². The molecular weight excluding hydrogens is 471 g/mol. The summed E-state index contributed by atoms with van der Waals surface area (Å²) < 4.78 is 15.8. The molecule has 0 saturated heterocycles. The molecule has 7 nitrogen and oxygen atoms in total. The van der Waals surface area contributed by atoms with Crippen LogP contribution in [0.2, 0.25) is 0 Å². The molecule has 0 aliphatic rings. The Hall–Kier alpha value is -2.23. The molecule has 1 heterocycles. The Morgan fingerprint density at radius 3 is 2.43 bits per heavy atom. The van der Waals surface area contributed by atoms with E-state index < -0.39 is 0 Å². The molecule has 2 N–H and O–H groups in total. The number of benzene rings is 1. The molecule has 0 fully saturated rings. The van der Waals surface area contributed by atoms with Gasteiger partial charge in [0.1, 0.15) is 0 Å². The molecule has 0 amide bonds. The Bertz CT molecular complexity index is 756. The predicted octanol–water partition coefficient (Wildman–Crippen LogP) is 3.02. The second kappa shape index (κ2) is 13.0. The van der Waals surface area contributed by atoms with Gasteiger partial charge in [0.2, 0.25) is 5.88 Å². The van der Waals surface area contributed by atoms with Gasteiger partial charge in [-0.15, -0.1) is 24.0 Å². The minimum absolute atomic E-state index is 0. The van der Waals surface area contributed by atoms with E-state index in [0.29, 0.717) is 12.4 Å². The Morgan fingerprint density at radius 1 is 0.964 bits per heavy atom. The molecule has 0 bridgehead atoms. The lowest BCUT2D eigenvalue weighted by molar-refractivity contribution is 0.354. The van der Waals surface area contributed by atoms with Crippen LogP contribution in [0, 0.1) is 0 Å². The topological polar surface area (TPSA) is 77.0 Å². The summed E-state index contributed by atoms with van der Waals surface area (Å²) in [6, 6.07) is 9.77. The average molecular weight is 500 g/mol. The van der Waals surface area contributed by atoms with Crippen LogP contribution in [0.5, 0.6) is 17.4 Å². The molecule has 2 aromatic rings. The molecule has 0 atom stereocenters. The van der Waals surface area contributed by atoms with Crippen LogP contribution < -0.4 is 24.8 Å². The third kappa shape index (κ3) is 7.41. The molecule has 0 saturated carbocycles. The first-order chi connectivity index (χ1) is 13.2. The van der Waals surface area contributed by atoms with E-state index in [4.69, 9.17) is 14.2 Å². The number of nitrogens with one attached hydrogen (secondary N) is 2. The molecule has 1 aromatic heterocycles. The number of rotatable bonds is 9. The van der Waals surface area contributed by atoms with E-state index in [1.807, 2.05) is 37.3 Å². The second-order valence-electron chi connectivity index (χ2n) is 5.77. The average Bonchev–Trinajstić information content (AvgIpc) is 2.72. The van der Waals surface area contributed by atoms with Gasteiger partial charge in [0, 0.05) is 25.4 Å². The number of pyridine rings is 1. The molecule has 0 aliphatic carbocycles. The highest BCUT2D eigenvalue weighted by atomic mass is 127. The van der Waals surface area contributed by atoms with Crippen molar-refractivity contribution >= 4 is 29.9 Å². The number of hydrogen-bond acceptors (Lipinski definition) is 5. The van der Waals surface area contributed by atoms with Crippen LogP contribution in [0.1, 0.15) is 18.1 Å². The van der Waals surface area contributed by atoms with Gasteiger partial charge in [-0.1, -0.05) is 6.07 Å². The van der Waals surface area contributed by atoms with Gasteiger partial charge in [0.15, 0.2) is 17.5 Å². The first-order valence-corrected chi connectivity index (χ1v) is 8.92. The van der Waals surface area contributed by atoms with Crippen molar-refractivity contribution in [2.45, 2.75) is 19.9 Å². The Balaban J connectivity index is 0.00000392. The van der Waals surface area contributed by atoms with E-state index in [9.17, 15) is 0 Å². The van der Waals surface area contributed by atoms with Crippen LogP contribution >= 0.6 is 24.0 Å². The van der Waals surface area contributed by atoms with E-state index in [1.54, 1.807) is 27.5 Å². The van der Waals surface area contributed by atoms with E-state index in [0.717, 1.165) is 48.1 Å². The highest BCUT2D eigenvalue weighted by molar-refractivity contribution is 14.0. The zero-order valence-corrected chi connectivity index (χ0v) is 19.2. The number of aliphatic imine (C=N–C) groups is 1. The molecule has 28 heavy (non-hydrogen) atoms. The van der Waals surface area contributed by atoms with E-state index in [-0.39, 0.29) is 24.0 Å². The summed E-state index contributed by atoms with van der Waals surface area (Å²) in [6.07, 6.45) is 2.56. The third-order valence-corrected chi connectivity index (χ3v) is 3.93. The second-order valence-corrected chi connectivity index (χ2v) is 5.77. The lowest BCUT2D eigenvalue weighted by Crippen LogP contribution is -2.38. The summed E-state index contributed by atoms with van der Waals surface area (Å²) in [5, 5.41) is 6.61. The maximum Gasteiger partial charge on any atom is 0.213 e. The molecule has 154 valence electrons. The van der Waals surface area contributed by atoms with Crippen LogP contribution in [0.4, 0.5) is 0 Å². The fourth-order valence-corrected chi connectivity index (χ4v) is 2.53. The number of hydrogen-bond donors (Lipinski definition) is 2. The van der Waals surface area contributed by atoms with Crippen LogP contribution in [0.3, 0.4) is 0 Å². The third-order valence-electron chi connectivity index (χ3n) is 3.93. The zero-order chi connectivity index (χ0) is 19.5. The standard InChI is InChI=1S/C20H28N4O3.HI/c1-5-21-20(24-14-16-9-10-22-19(13-16)27-4)23-11-8-15-6-7-17(25-2)18(12-15)26-3;/h6-7,9-10,12-13H,5,8,11,14H2,1-4H3,(H2,21,23,24);1H. The maximum absolute atomic E-state index is 5.35. The highest BCUT2D eigenvalue weighted by Crippen LogP contribution is 2.27. The minimum Gasteiger partial charge on any atom is -0.493 e. The molecule has 1 aromatic carbocycles. The lowest BCUT2D eigenvalue weighted by Gasteiger charge is -2.13. The number of aromatic nitrogens is 1. The fraction of sp³-hybridized carbons (Fsp3) is 0.400. The fourth-order valence-electron chi connectivity index (χ4n) is 2.53. The van der Waals surface area contributed by atoms with Crippen LogP contribution in [0.15, 0.2) is 41.5 Å². The summed E-state index contributed by atoms with van der Waals surface area (Å²) in [5.74, 6) is 2.84. The smallest absolute Gasteiger partial charge is 0.213 e. The maximum atomic E-state index is 5.35. The molecular formula is C20H29IN4O3. The molecule has 8 heteroatoms. The van der Waals surface area contributed by atoms with Crippen molar-refractivity contribution in [2.24, 2.45) is 4.99 Å². The first-order valence-electron chi connectivity index (χ1n) is 8.92. The van der Waals surface area contributed by atoms with Crippen molar-refractivity contribution in [2.75, 3.05) is 34.4 Å².